The molecule has 2 unspecified atom stereocenters. The molecule has 1 aromatic heterocycles. The van der Waals surface area contributed by atoms with Crippen molar-refractivity contribution >= 4 is 0 Å². The van der Waals surface area contributed by atoms with E-state index < -0.39 is 0 Å². The van der Waals surface area contributed by atoms with E-state index in [4.69, 9.17) is 5.73 Å². The Balaban J connectivity index is 2.30. The zero-order valence-electron chi connectivity index (χ0n) is 8.74. The van der Waals surface area contributed by atoms with E-state index >= 15 is 0 Å². The molecule has 1 saturated carbocycles. The van der Waals surface area contributed by atoms with Gasteiger partial charge < -0.3 is 5.73 Å². The van der Waals surface area contributed by atoms with Gasteiger partial charge in [-0.05, 0) is 42.9 Å². The summed E-state index contributed by atoms with van der Waals surface area (Å²) in [7, 11) is 0. The topological polar surface area (TPSA) is 38.9 Å². The normalized spacial score (nSPS) is 32.0. The first-order valence-corrected chi connectivity index (χ1v) is 5.37. The fourth-order valence-corrected chi connectivity index (χ4v) is 2.66. The quantitative estimate of drug-likeness (QED) is 0.775. The summed E-state index contributed by atoms with van der Waals surface area (Å²) < 4.78 is 0. The molecule has 76 valence electrons. The summed E-state index contributed by atoms with van der Waals surface area (Å²) >= 11 is 0. The lowest BCUT2D eigenvalue weighted by Crippen LogP contribution is -2.32. The fraction of sp³-hybridized carbons (Fsp3) is 0.583. The zero-order chi connectivity index (χ0) is 10.0. The SMILES string of the molecule is CC1CCC(CN)(c2ccncc2)C1. The van der Waals surface area contributed by atoms with E-state index in [1.54, 1.807) is 0 Å². The van der Waals surface area contributed by atoms with E-state index in [1.807, 2.05) is 12.4 Å². The van der Waals surface area contributed by atoms with Crippen LogP contribution in [0.5, 0.6) is 0 Å². The molecular weight excluding hydrogens is 172 g/mol. The molecular formula is C12H18N2. The molecule has 2 nitrogen and oxygen atoms in total. The van der Waals surface area contributed by atoms with Crippen molar-refractivity contribution in [1.29, 1.82) is 0 Å². The lowest BCUT2D eigenvalue weighted by molar-refractivity contribution is 0.433. The summed E-state index contributed by atoms with van der Waals surface area (Å²) in [4.78, 5) is 4.06. The monoisotopic (exact) mass is 190 g/mol. The van der Waals surface area contributed by atoms with Crippen LogP contribution in [0.2, 0.25) is 0 Å². The molecule has 1 fully saturated rings. The van der Waals surface area contributed by atoms with Crippen LogP contribution < -0.4 is 5.73 Å². The number of aromatic nitrogens is 1. The Morgan fingerprint density at radius 2 is 2.21 bits per heavy atom. The van der Waals surface area contributed by atoms with Crippen molar-refractivity contribution in [2.45, 2.75) is 31.6 Å². The van der Waals surface area contributed by atoms with E-state index in [0.717, 1.165) is 12.5 Å². The minimum Gasteiger partial charge on any atom is -0.330 e. The highest BCUT2D eigenvalue weighted by molar-refractivity contribution is 5.25. The molecule has 2 atom stereocenters. The number of pyridine rings is 1. The predicted molar refractivity (Wildman–Crippen MR) is 58.0 cm³/mol. The van der Waals surface area contributed by atoms with Crippen molar-refractivity contribution in [2.75, 3.05) is 6.54 Å². The molecule has 0 spiro atoms. The van der Waals surface area contributed by atoms with E-state index in [2.05, 4.69) is 24.0 Å². The maximum absolute atomic E-state index is 5.94. The lowest BCUT2D eigenvalue weighted by Gasteiger charge is -2.28. The van der Waals surface area contributed by atoms with Crippen molar-refractivity contribution in [2.24, 2.45) is 11.7 Å². The molecule has 0 amide bonds. The molecule has 2 N–H and O–H groups in total. The molecule has 1 aliphatic carbocycles. The zero-order valence-corrected chi connectivity index (χ0v) is 8.74. The second-order valence-electron chi connectivity index (χ2n) is 4.57. The van der Waals surface area contributed by atoms with Gasteiger partial charge >= 0.3 is 0 Å². The maximum Gasteiger partial charge on any atom is 0.0270 e. The minimum absolute atomic E-state index is 0.238. The van der Waals surface area contributed by atoms with Gasteiger partial charge in [0.2, 0.25) is 0 Å². The van der Waals surface area contributed by atoms with Crippen molar-refractivity contribution in [1.82, 2.24) is 4.98 Å². The number of nitrogens with zero attached hydrogens (tertiary/aromatic N) is 1. The van der Waals surface area contributed by atoms with Gasteiger partial charge in [0.15, 0.2) is 0 Å². The molecule has 0 bridgehead atoms. The van der Waals surface area contributed by atoms with Gasteiger partial charge in [-0.25, -0.2) is 0 Å². The van der Waals surface area contributed by atoms with E-state index in [1.165, 1.54) is 24.8 Å². The molecule has 2 heteroatoms. The Hall–Kier alpha value is -0.890. The van der Waals surface area contributed by atoms with E-state index in [-0.39, 0.29) is 5.41 Å². The number of hydrogen-bond donors (Lipinski definition) is 1. The smallest absolute Gasteiger partial charge is 0.0270 e. The molecule has 1 aromatic rings. The van der Waals surface area contributed by atoms with Gasteiger partial charge in [-0.15, -0.1) is 0 Å². The van der Waals surface area contributed by atoms with Crippen LogP contribution in [0.1, 0.15) is 31.7 Å². The van der Waals surface area contributed by atoms with Gasteiger partial charge in [0, 0.05) is 24.4 Å². The predicted octanol–water partition coefficient (Wildman–Crippen LogP) is 2.10. The van der Waals surface area contributed by atoms with Crippen LogP contribution in [0, 0.1) is 5.92 Å². The summed E-state index contributed by atoms with van der Waals surface area (Å²) in [6.45, 7) is 3.08. The first kappa shape index (κ1) is 9.66. The first-order chi connectivity index (χ1) is 6.77. The number of nitrogens with two attached hydrogens (primary N) is 1. The summed E-state index contributed by atoms with van der Waals surface area (Å²) in [5, 5.41) is 0. The van der Waals surface area contributed by atoms with Gasteiger partial charge in [-0.3, -0.25) is 4.98 Å². The van der Waals surface area contributed by atoms with Crippen molar-refractivity contribution in [3.05, 3.63) is 30.1 Å². The Kier molecular flexibility index (Phi) is 2.55. The van der Waals surface area contributed by atoms with Crippen LogP contribution in [0.15, 0.2) is 24.5 Å². The highest BCUT2D eigenvalue weighted by Gasteiger charge is 2.37. The van der Waals surface area contributed by atoms with Crippen LogP contribution in [0.25, 0.3) is 0 Å². The number of rotatable bonds is 2. The van der Waals surface area contributed by atoms with Crippen molar-refractivity contribution in [3.8, 4) is 0 Å². The van der Waals surface area contributed by atoms with Crippen LogP contribution in [0.4, 0.5) is 0 Å². The Morgan fingerprint density at radius 1 is 1.50 bits per heavy atom. The van der Waals surface area contributed by atoms with Crippen LogP contribution in [-0.2, 0) is 5.41 Å². The molecule has 0 aromatic carbocycles. The van der Waals surface area contributed by atoms with Crippen LogP contribution in [-0.4, -0.2) is 11.5 Å². The molecule has 1 aliphatic rings. The summed E-state index contributed by atoms with van der Waals surface area (Å²) in [5.74, 6) is 0.812. The first-order valence-electron chi connectivity index (χ1n) is 5.37. The summed E-state index contributed by atoms with van der Waals surface area (Å²) in [6.07, 6.45) is 7.51. The summed E-state index contributed by atoms with van der Waals surface area (Å²) in [6, 6.07) is 4.23. The van der Waals surface area contributed by atoms with Gasteiger partial charge in [-0.1, -0.05) is 6.92 Å². The Labute approximate surface area is 85.5 Å². The van der Waals surface area contributed by atoms with Gasteiger partial charge in [0.05, 0.1) is 0 Å². The van der Waals surface area contributed by atoms with Crippen molar-refractivity contribution < 1.29 is 0 Å². The van der Waals surface area contributed by atoms with Crippen molar-refractivity contribution in [3.63, 3.8) is 0 Å². The standard InChI is InChI=1S/C12H18N2/c1-10-2-5-12(8-10,9-13)11-3-6-14-7-4-11/h3-4,6-7,10H,2,5,8-9,13H2,1H3. The highest BCUT2D eigenvalue weighted by Crippen LogP contribution is 2.42. The third-order valence-electron chi connectivity index (χ3n) is 3.54. The van der Waals surface area contributed by atoms with Crippen LogP contribution >= 0.6 is 0 Å². The maximum atomic E-state index is 5.94. The second kappa shape index (κ2) is 3.70. The summed E-state index contributed by atoms with van der Waals surface area (Å²) in [5.41, 5.74) is 7.56. The van der Waals surface area contributed by atoms with E-state index in [9.17, 15) is 0 Å². The molecule has 14 heavy (non-hydrogen) atoms. The Morgan fingerprint density at radius 3 is 2.71 bits per heavy atom. The second-order valence-corrected chi connectivity index (χ2v) is 4.57. The molecule has 0 saturated heterocycles. The number of hydrogen-bond acceptors (Lipinski definition) is 2. The van der Waals surface area contributed by atoms with Gasteiger partial charge in [0.1, 0.15) is 0 Å². The third kappa shape index (κ3) is 1.55. The fourth-order valence-electron chi connectivity index (χ4n) is 2.66. The molecule has 0 aliphatic heterocycles. The van der Waals surface area contributed by atoms with Gasteiger partial charge in [-0.2, -0.15) is 0 Å². The minimum atomic E-state index is 0.238. The average molecular weight is 190 g/mol. The molecule has 0 radical (unpaired) electrons. The molecule has 2 rings (SSSR count). The lowest BCUT2D eigenvalue weighted by atomic mass is 9.79. The van der Waals surface area contributed by atoms with Gasteiger partial charge in [0.25, 0.3) is 0 Å². The highest BCUT2D eigenvalue weighted by atomic mass is 14.6. The largest absolute Gasteiger partial charge is 0.330 e. The van der Waals surface area contributed by atoms with Crippen LogP contribution in [0.3, 0.4) is 0 Å². The van der Waals surface area contributed by atoms with E-state index in [0.29, 0.717) is 0 Å². The molecule has 1 heterocycles. The Bertz CT molecular complexity index is 296. The average Bonchev–Trinajstić information content (AvgIpc) is 2.63. The third-order valence-corrected chi connectivity index (χ3v) is 3.54.